The largest absolute Gasteiger partial charge is 0.481 e. The number of hydrogen-bond donors (Lipinski definition) is 4. The van der Waals surface area contributed by atoms with Gasteiger partial charge in [-0.25, -0.2) is 4.79 Å². The second kappa shape index (κ2) is 6.68. The molecule has 0 heterocycles. The van der Waals surface area contributed by atoms with E-state index in [2.05, 4.69) is 10.6 Å². The van der Waals surface area contributed by atoms with Crippen LogP contribution in [-0.2, 0) is 4.79 Å². The van der Waals surface area contributed by atoms with Gasteiger partial charge in [0.15, 0.2) is 0 Å². The first-order valence-electron chi connectivity index (χ1n) is 7.54. The molecule has 7 heteroatoms. The lowest BCUT2D eigenvalue weighted by molar-refractivity contribution is -0.145. The minimum atomic E-state index is -0.892. The van der Waals surface area contributed by atoms with Crippen molar-refractivity contribution in [1.29, 1.82) is 0 Å². The molecule has 1 aliphatic carbocycles. The van der Waals surface area contributed by atoms with Crippen LogP contribution in [0.5, 0.6) is 0 Å². The summed E-state index contributed by atoms with van der Waals surface area (Å²) < 4.78 is 0. The van der Waals surface area contributed by atoms with Gasteiger partial charge in [0.2, 0.25) is 0 Å². The summed E-state index contributed by atoms with van der Waals surface area (Å²) >= 11 is 0. The van der Waals surface area contributed by atoms with Gasteiger partial charge in [0.25, 0.3) is 5.91 Å². The van der Waals surface area contributed by atoms with Gasteiger partial charge in [-0.15, -0.1) is 0 Å². The van der Waals surface area contributed by atoms with Gasteiger partial charge < -0.3 is 21.5 Å². The van der Waals surface area contributed by atoms with Crippen molar-refractivity contribution in [2.45, 2.75) is 38.1 Å². The van der Waals surface area contributed by atoms with Crippen molar-refractivity contribution in [3.8, 4) is 0 Å². The van der Waals surface area contributed by atoms with E-state index in [4.69, 9.17) is 5.73 Å². The third kappa shape index (κ3) is 4.00. The van der Waals surface area contributed by atoms with Crippen LogP contribution in [0.2, 0.25) is 0 Å². The van der Waals surface area contributed by atoms with Crippen LogP contribution in [0.4, 0.5) is 10.5 Å². The van der Waals surface area contributed by atoms with E-state index in [1.165, 1.54) is 6.07 Å². The highest BCUT2D eigenvalue weighted by atomic mass is 16.4. The quantitative estimate of drug-likeness (QED) is 0.677. The molecule has 1 aromatic rings. The summed E-state index contributed by atoms with van der Waals surface area (Å²) in [5, 5.41) is 14.7. The molecule has 0 aliphatic heterocycles. The molecule has 1 saturated carbocycles. The number of urea groups is 1. The van der Waals surface area contributed by atoms with Gasteiger partial charge in [0.05, 0.1) is 11.5 Å². The number of primary amides is 1. The molecule has 2 atom stereocenters. The molecular formula is C16H21N3O4. The summed E-state index contributed by atoms with van der Waals surface area (Å²) in [6.07, 6.45) is 2.90. The Morgan fingerprint density at radius 2 is 2.04 bits per heavy atom. The van der Waals surface area contributed by atoms with Gasteiger partial charge >= 0.3 is 12.0 Å². The highest BCUT2D eigenvalue weighted by molar-refractivity contribution is 5.97. The first-order chi connectivity index (χ1) is 10.8. The molecule has 0 aromatic heterocycles. The number of rotatable bonds is 4. The number of hydrogen-bond acceptors (Lipinski definition) is 3. The molecule has 124 valence electrons. The maximum atomic E-state index is 12.5. The zero-order valence-corrected chi connectivity index (χ0v) is 13.0. The van der Waals surface area contributed by atoms with Gasteiger partial charge in [-0.3, -0.25) is 9.59 Å². The fraction of sp³-hybridized carbons (Fsp3) is 0.438. The Labute approximate surface area is 134 Å². The van der Waals surface area contributed by atoms with E-state index in [0.29, 0.717) is 24.1 Å². The number of carbonyl (C=O) groups excluding carboxylic acids is 2. The van der Waals surface area contributed by atoms with Gasteiger partial charge in [-0.05, 0) is 38.0 Å². The van der Waals surface area contributed by atoms with Crippen LogP contribution in [0.25, 0.3) is 0 Å². The lowest BCUT2D eigenvalue weighted by atomic mass is 9.73. The number of aliphatic carboxylic acids is 1. The Bertz CT molecular complexity index is 632. The molecule has 0 radical (unpaired) electrons. The Morgan fingerprint density at radius 1 is 1.30 bits per heavy atom. The number of anilines is 1. The number of carbonyl (C=O) groups is 3. The Morgan fingerprint density at radius 3 is 2.70 bits per heavy atom. The fourth-order valence-electron chi connectivity index (χ4n) is 3.09. The third-order valence-electron chi connectivity index (χ3n) is 4.30. The minimum Gasteiger partial charge on any atom is -0.481 e. The molecule has 1 aliphatic rings. The monoisotopic (exact) mass is 319 g/mol. The molecule has 7 nitrogen and oxygen atoms in total. The van der Waals surface area contributed by atoms with E-state index in [0.717, 1.165) is 12.8 Å². The van der Waals surface area contributed by atoms with E-state index in [1.807, 2.05) is 0 Å². The van der Waals surface area contributed by atoms with E-state index in [9.17, 15) is 19.5 Å². The van der Waals surface area contributed by atoms with E-state index in [1.54, 1.807) is 25.1 Å². The maximum absolute atomic E-state index is 12.5. The lowest BCUT2D eigenvalue weighted by Gasteiger charge is -2.39. The summed E-state index contributed by atoms with van der Waals surface area (Å²) in [5.74, 6) is -1.86. The molecule has 5 N–H and O–H groups in total. The van der Waals surface area contributed by atoms with Gasteiger partial charge in [0.1, 0.15) is 0 Å². The fourth-order valence-corrected chi connectivity index (χ4v) is 3.09. The molecule has 1 fully saturated rings. The Hall–Kier alpha value is -2.57. The number of carboxylic acid groups (broad SMARTS) is 1. The summed E-state index contributed by atoms with van der Waals surface area (Å²) in [4.78, 5) is 34.8. The van der Waals surface area contributed by atoms with Crippen LogP contribution in [0, 0.1) is 5.92 Å². The standard InChI is InChI=1S/C16H21N3O4/c1-16(8-3-2-7-12(16)14(21)22)19-13(20)10-5-4-6-11(9-10)18-15(17)23/h4-6,9,12H,2-3,7-8H2,1H3,(H,19,20)(H,21,22)(H3,17,18,23). The molecule has 0 spiro atoms. The first-order valence-corrected chi connectivity index (χ1v) is 7.54. The second-order valence-electron chi connectivity index (χ2n) is 6.08. The second-order valence-corrected chi connectivity index (χ2v) is 6.08. The average molecular weight is 319 g/mol. The number of nitrogens with two attached hydrogens (primary N) is 1. The number of nitrogens with one attached hydrogen (secondary N) is 2. The van der Waals surface area contributed by atoms with E-state index < -0.39 is 23.5 Å². The molecule has 23 heavy (non-hydrogen) atoms. The third-order valence-corrected chi connectivity index (χ3v) is 4.30. The average Bonchev–Trinajstić information content (AvgIpc) is 2.46. The Kier molecular flexibility index (Phi) is 4.88. The van der Waals surface area contributed by atoms with Crippen LogP contribution >= 0.6 is 0 Å². The number of carboxylic acids is 1. The first kappa shape index (κ1) is 16.8. The van der Waals surface area contributed by atoms with Gasteiger partial charge in [0, 0.05) is 11.3 Å². The Balaban J connectivity index is 2.17. The predicted octanol–water partition coefficient (Wildman–Crippen LogP) is 1.94. The summed E-state index contributed by atoms with van der Waals surface area (Å²) in [5.41, 5.74) is 5.02. The van der Waals surface area contributed by atoms with Crippen molar-refractivity contribution in [1.82, 2.24) is 5.32 Å². The summed E-state index contributed by atoms with van der Waals surface area (Å²) in [6, 6.07) is 5.63. The normalized spacial score (nSPS) is 23.8. The van der Waals surface area contributed by atoms with Crippen LogP contribution in [0.3, 0.4) is 0 Å². The molecule has 0 saturated heterocycles. The predicted molar refractivity (Wildman–Crippen MR) is 85.1 cm³/mol. The van der Waals surface area contributed by atoms with Gasteiger partial charge in [-0.2, -0.15) is 0 Å². The van der Waals surface area contributed by atoms with E-state index >= 15 is 0 Å². The van der Waals surface area contributed by atoms with Crippen molar-refractivity contribution >= 4 is 23.6 Å². The van der Waals surface area contributed by atoms with Crippen molar-refractivity contribution in [3.63, 3.8) is 0 Å². The van der Waals surface area contributed by atoms with Crippen molar-refractivity contribution < 1.29 is 19.5 Å². The van der Waals surface area contributed by atoms with Crippen molar-refractivity contribution in [2.24, 2.45) is 11.7 Å². The zero-order chi connectivity index (χ0) is 17.0. The minimum absolute atomic E-state index is 0.340. The van der Waals surface area contributed by atoms with Crippen molar-refractivity contribution in [2.75, 3.05) is 5.32 Å². The van der Waals surface area contributed by atoms with Crippen molar-refractivity contribution in [3.05, 3.63) is 29.8 Å². The highest BCUT2D eigenvalue weighted by Gasteiger charge is 2.42. The SMILES string of the molecule is CC1(NC(=O)c2cccc(NC(N)=O)c2)CCCCC1C(=O)O. The molecule has 2 rings (SSSR count). The molecular weight excluding hydrogens is 298 g/mol. The number of amides is 3. The lowest BCUT2D eigenvalue weighted by Crippen LogP contribution is -2.55. The van der Waals surface area contributed by atoms with E-state index in [-0.39, 0.29) is 5.91 Å². The smallest absolute Gasteiger partial charge is 0.316 e. The molecule has 3 amide bonds. The van der Waals surface area contributed by atoms with Crippen LogP contribution in [0.15, 0.2) is 24.3 Å². The van der Waals surface area contributed by atoms with Crippen LogP contribution in [0.1, 0.15) is 43.0 Å². The summed E-state index contributed by atoms with van der Waals surface area (Å²) in [7, 11) is 0. The molecule has 0 bridgehead atoms. The maximum Gasteiger partial charge on any atom is 0.316 e. The van der Waals surface area contributed by atoms with Crippen LogP contribution < -0.4 is 16.4 Å². The topological polar surface area (TPSA) is 122 Å². The molecule has 2 unspecified atom stereocenters. The highest BCUT2D eigenvalue weighted by Crippen LogP contribution is 2.34. The zero-order valence-electron chi connectivity index (χ0n) is 13.0. The molecule has 1 aromatic carbocycles. The van der Waals surface area contributed by atoms with Crippen LogP contribution in [-0.4, -0.2) is 28.6 Å². The van der Waals surface area contributed by atoms with Gasteiger partial charge in [-0.1, -0.05) is 18.9 Å². The summed E-state index contributed by atoms with van der Waals surface area (Å²) in [6.45, 7) is 1.77. The number of benzene rings is 1.